The molecule has 0 nitrogen and oxygen atoms in total. The molecule has 0 saturated carbocycles. The summed E-state index contributed by atoms with van der Waals surface area (Å²) in [7, 11) is -0.866. The standard InChI is InChI=1S/C4H11ClSi.Mg/c1-6(2,3)4-5;/h4H2,1-3H3;. The van der Waals surface area contributed by atoms with E-state index in [4.69, 9.17) is 11.6 Å². The van der Waals surface area contributed by atoms with Crippen LogP contribution in [0.15, 0.2) is 0 Å². The third kappa shape index (κ3) is 11.1. The highest BCUT2D eigenvalue weighted by Gasteiger charge is 2.08. The van der Waals surface area contributed by atoms with E-state index < -0.39 is 8.07 Å². The van der Waals surface area contributed by atoms with E-state index in [1.165, 1.54) is 0 Å². The summed E-state index contributed by atoms with van der Waals surface area (Å²) in [5, 5.41) is 0. The van der Waals surface area contributed by atoms with Crippen LogP contribution in [0.5, 0.6) is 0 Å². The van der Waals surface area contributed by atoms with E-state index in [2.05, 4.69) is 19.6 Å². The Hall–Kier alpha value is 1.27. The molecule has 0 aliphatic heterocycles. The monoisotopic (exact) mass is 146 g/mol. The molecule has 0 spiro atoms. The molecule has 40 valence electrons. The number of hydrogen-bond acceptors (Lipinski definition) is 0. The van der Waals surface area contributed by atoms with Crippen LogP contribution in [0.25, 0.3) is 0 Å². The van der Waals surface area contributed by atoms with Crippen LogP contribution in [-0.4, -0.2) is 36.6 Å². The molecule has 0 unspecified atom stereocenters. The molecule has 0 rings (SSSR count). The second-order valence-corrected chi connectivity index (χ2v) is 8.88. The summed E-state index contributed by atoms with van der Waals surface area (Å²) in [5.74, 6) is 0. The van der Waals surface area contributed by atoms with Crippen molar-refractivity contribution in [2.24, 2.45) is 0 Å². The van der Waals surface area contributed by atoms with Gasteiger partial charge in [-0.05, 0) is 0 Å². The molecule has 0 fully saturated rings. The van der Waals surface area contributed by atoms with Gasteiger partial charge in [-0.3, -0.25) is 0 Å². The van der Waals surface area contributed by atoms with E-state index >= 15 is 0 Å². The van der Waals surface area contributed by atoms with Crippen LogP contribution in [0, 0.1) is 0 Å². The SMILES string of the molecule is C[Si](C)(C)CCl.[Mg]. The molecule has 0 amide bonds. The molecule has 0 aromatic heterocycles. The van der Waals surface area contributed by atoms with E-state index in [-0.39, 0.29) is 23.1 Å². The van der Waals surface area contributed by atoms with Crippen molar-refractivity contribution in [2.45, 2.75) is 19.6 Å². The first-order chi connectivity index (χ1) is 2.56. The molecule has 0 aliphatic rings. The summed E-state index contributed by atoms with van der Waals surface area (Å²) < 4.78 is 0. The molecular formula is C4H11ClMgSi. The average molecular weight is 147 g/mol. The van der Waals surface area contributed by atoms with Crippen LogP contribution in [0.1, 0.15) is 0 Å². The fraction of sp³-hybridized carbons (Fsp3) is 1.00. The maximum Gasteiger partial charge on any atom is 0.0609 e. The Labute approximate surface area is 67.8 Å². The minimum atomic E-state index is -0.866. The summed E-state index contributed by atoms with van der Waals surface area (Å²) in [6.07, 6.45) is 0. The zero-order valence-corrected chi connectivity index (χ0v) is 8.46. The maximum atomic E-state index is 5.54. The van der Waals surface area contributed by atoms with Crippen molar-refractivity contribution < 1.29 is 0 Å². The molecule has 0 bridgehead atoms. The van der Waals surface area contributed by atoms with Crippen LogP contribution in [0.2, 0.25) is 19.6 Å². The molecule has 0 saturated heterocycles. The van der Waals surface area contributed by atoms with Gasteiger partial charge < -0.3 is 0 Å². The normalized spacial score (nSPS) is 10.3. The molecule has 0 aliphatic carbocycles. The second-order valence-electron chi connectivity index (χ2n) is 2.69. The van der Waals surface area contributed by atoms with Crippen LogP contribution in [0.4, 0.5) is 0 Å². The third-order valence-corrected chi connectivity index (χ3v) is 3.61. The fourth-order valence-electron chi connectivity index (χ4n) is 0. The van der Waals surface area contributed by atoms with Gasteiger partial charge in [-0.2, -0.15) is 0 Å². The van der Waals surface area contributed by atoms with Gasteiger partial charge in [0.05, 0.1) is 8.07 Å². The van der Waals surface area contributed by atoms with Gasteiger partial charge in [0.15, 0.2) is 0 Å². The van der Waals surface area contributed by atoms with Gasteiger partial charge in [0.1, 0.15) is 0 Å². The molecule has 0 heterocycles. The van der Waals surface area contributed by atoms with Crippen molar-refractivity contribution in [3.8, 4) is 0 Å². The Morgan fingerprint density at radius 1 is 1.29 bits per heavy atom. The lowest BCUT2D eigenvalue weighted by Crippen LogP contribution is -2.21. The molecule has 3 heteroatoms. The molecule has 0 atom stereocenters. The van der Waals surface area contributed by atoms with Crippen molar-refractivity contribution in [1.82, 2.24) is 0 Å². The summed E-state index contributed by atoms with van der Waals surface area (Å²) in [6, 6.07) is 0. The number of alkyl halides is 1. The highest BCUT2D eigenvalue weighted by Crippen LogP contribution is 2.00. The van der Waals surface area contributed by atoms with Crippen molar-refractivity contribution >= 4 is 42.7 Å². The molecular weight excluding hydrogens is 136 g/mol. The van der Waals surface area contributed by atoms with Crippen LogP contribution >= 0.6 is 11.6 Å². The van der Waals surface area contributed by atoms with Gasteiger partial charge in [0, 0.05) is 28.6 Å². The zero-order valence-electron chi connectivity index (χ0n) is 5.29. The van der Waals surface area contributed by atoms with Crippen molar-refractivity contribution in [3.63, 3.8) is 0 Å². The lowest BCUT2D eigenvalue weighted by atomic mass is 11.8. The number of hydrogen-bond donors (Lipinski definition) is 0. The van der Waals surface area contributed by atoms with E-state index in [1.807, 2.05) is 0 Å². The molecule has 0 N–H and O–H groups in total. The summed E-state index contributed by atoms with van der Waals surface area (Å²) >= 11 is 5.54. The summed E-state index contributed by atoms with van der Waals surface area (Å²) in [6.45, 7) is 6.75. The minimum Gasteiger partial charge on any atom is -0.130 e. The average Bonchev–Trinajstić information content (AvgIpc) is 1.35. The zero-order chi connectivity index (χ0) is 5.21. The van der Waals surface area contributed by atoms with Gasteiger partial charge in [-0.25, -0.2) is 0 Å². The minimum absolute atomic E-state index is 0. The van der Waals surface area contributed by atoms with E-state index in [1.54, 1.807) is 0 Å². The molecule has 0 aromatic carbocycles. The third-order valence-electron chi connectivity index (χ3n) is 0.401. The van der Waals surface area contributed by atoms with Crippen LogP contribution in [-0.2, 0) is 0 Å². The van der Waals surface area contributed by atoms with Gasteiger partial charge in [-0.1, -0.05) is 19.6 Å². The number of halogens is 1. The van der Waals surface area contributed by atoms with E-state index in [0.717, 1.165) is 5.50 Å². The van der Waals surface area contributed by atoms with Crippen LogP contribution < -0.4 is 0 Å². The Morgan fingerprint density at radius 2 is 1.43 bits per heavy atom. The maximum absolute atomic E-state index is 5.54. The predicted molar refractivity (Wildman–Crippen MR) is 39.8 cm³/mol. The highest BCUT2D eigenvalue weighted by atomic mass is 35.5. The fourth-order valence-corrected chi connectivity index (χ4v) is 0. The lowest BCUT2D eigenvalue weighted by molar-refractivity contribution is 1.67. The first kappa shape index (κ1) is 11.1. The summed E-state index contributed by atoms with van der Waals surface area (Å²) in [5.41, 5.74) is 0.882. The molecule has 7 heavy (non-hydrogen) atoms. The Morgan fingerprint density at radius 3 is 1.43 bits per heavy atom. The Balaban J connectivity index is 0. The largest absolute Gasteiger partial charge is 0.130 e. The Kier molecular flexibility index (Phi) is 6.64. The van der Waals surface area contributed by atoms with E-state index in [0.29, 0.717) is 0 Å². The second kappa shape index (κ2) is 4.18. The van der Waals surface area contributed by atoms with Crippen molar-refractivity contribution in [3.05, 3.63) is 0 Å². The van der Waals surface area contributed by atoms with Crippen LogP contribution in [0.3, 0.4) is 0 Å². The predicted octanol–water partition coefficient (Wildman–Crippen LogP) is 1.72. The quantitative estimate of drug-likeness (QED) is 0.391. The molecule has 0 aromatic rings. The number of rotatable bonds is 1. The van der Waals surface area contributed by atoms with Gasteiger partial charge in [0.25, 0.3) is 0 Å². The smallest absolute Gasteiger partial charge is 0.0609 e. The topological polar surface area (TPSA) is 0 Å². The van der Waals surface area contributed by atoms with Crippen molar-refractivity contribution in [1.29, 1.82) is 0 Å². The summed E-state index contributed by atoms with van der Waals surface area (Å²) in [4.78, 5) is 0. The van der Waals surface area contributed by atoms with E-state index in [9.17, 15) is 0 Å². The van der Waals surface area contributed by atoms with Gasteiger partial charge >= 0.3 is 0 Å². The Bertz CT molecular complexity index is 41.4. The van der Waals surface area contributed by atoms with Gasteiger partial charge in [0.2, 0.25) is 0 Å². The lowest BCUT2D eigenvalue weighted by Gasteiger charge is -2.07. The molecule has 2 radical (unpaired) electrons. The van der Waals surface area contributed by atoms with Crippen molar-refractivity contribution in [2.75, 3.05) is 5.50 Å². The first-order valence-corrected chi connectivity index (χ1v) is 6.36. The highest BCUT2D eigenvalue weighted by molar-refractivity contribution is 6.81. The van der Waals surface area contributed by atoms with Gasteiger partial charge in [-0.15, -0.1) is 11.6 Å². The first-order valence-electron chi connectivity index (χ1n) is 2.12.